The summed E-state index contributed by atoms with van der Waals surface area (Å²) in [7, 11) is 0. The van der Waals surface area contributed by atoms with Crippen molar-refractivity contribution in [2.45, 2.75) is 32.1 Å². The summed E-state index contributed by atoms with van der Waals surface area (Å²) in [6, 6.07) is 15.1. The molecule has 17 heavy (non-hydrogen) atoms. The molecule has 1 nitrogen and oxygen atoms in total. The Labute approximate surface area is 104 Å². The number of pyridine rings is 1. The van der Waals surface area contributed by atoms with Crippen molar-refractivity contribution in [3.63, 3.8) is 0 Å². The van der Waals surface area contributed by atoms with E-state index < -0.39 is 0 Å². The average molecular weight is 225 g/mol. The van der Waals surface area contributed by atoms with Crippen LogP contribution in [0, 0.1) is 0 Å². The van der Waals surface area contributed by atoms with E-state index in [0.717, 1.165) is 12.8 Å². The van der Waals surface area contributed by atoms with Gasteiger partial charge in [0.05, 0.1) is 0 Å². The van der Waals surface area contributed by atoms with Crippen LogP contribution in [-0.4, -0.2) is 4.98 Å². The zero-order valence-corrected chi connectivity index (χ0v) is 10.6. The molecule has 2 aromatic rings. The Hall–Kier alpha value is -1.63. The predicted octanol–water partition coefficient (Wildman–Crippen LogP) is 4.19. The van der Waals surface area contributed by atoms with Gasteiger partial charge in [-0.3, -0.25) is 4.98 Å². The van der Waals surface area contributed by atoms with E-state index in [0.29, 0.717) is 0 Å². The molecule has 0 aliphatic carbocycles. The van der Waals surface area contributed by atoms with Crippen LogP contribution in [0.15, 0.2) is 54.9 Å². The molecule has 88 valence electrons. The molecule has 0 fully saturated rings. The fraction of sp³-hybridized carbons (Fsp3) is 0.312. The molecule has 0 aliphatic heterocycles. The molecule has 0 saturated heterocycles. The highest BCUT2D eigenvalue weighted by Crippen LogP contribution is 2.38. The minimum Gasteiger partial charge on any atom is -0.265 e. The van der Waals surface area contributed by atoms with E-state index in [9.17, 15) is 0 Å². The lowest BCUT2D eigenvalue weighted by atomic mass is 9.71. The maximum absolute atomic E-state index is 4.12. The van der Waals surface area contributed by atoms with Gasteiger partial charge in [0.1, 0.15) is 0 Å². The third-order valence-corrected chi connectivity index (χ3v) is 3.77. The highest BCUT2D eigenvalue weighted by molar-refractivity contribution is 5.38. The van der Waals surface area contributed by atoms with Gasteiger partial charge in [-0.2, -0.15) is 0 Å². The van der Waals surface area contributed by atoms with Gasteiger partial charge in [0.25, 0.3) is 0 Å². The van der Waals surface area contributed by atoms with E-state index >= 15 is 0 Å². The standard InChI is InChI=1S/C16H19N/c1-3-16(4-2,14-8-6-5-7-9-14)15-10-12-17-13-11-15/h5-13H,3-4H2,1-2H3. The fourth-order valence-corrected chi connectivity index (χ4v) is 2.66. The molecule has 0 N–H and O–H groups in total. The first-order chi connectivity index (χ1) is 8.33. The third kappa shape index (κ3) is 2.10. The Kier molecular flexibility index (Phi) is 3.58. The summed E-state index contributed by atoms with van der Waals surface area (Å²) in [6.45, 7) is 4.52. The van der Waals surface area contributed by atoms with Gasteiger partial charge in [0.2, 0.25) is 0 Å². The van der Waals surface area contributed by atoms with Gasteiger partial charge < -0.3 is 0 Å². The Balaban J connectivity index is 2.54. The molecular formula is C16H19N. The van der Waals surface area contributed by atoms with Crippen molar-refractivity contribution in [1.29, 1.82) is 0 Å². The van der Waals surface area contributed by atoms with Gasteiger partial charge in [-0.05, 0) is 36.1 Å². The lowest BCUT2D eigenvalue weighted by molar-refractivity contribution is 0.478. The molecule has 0 amide bonds. The predicted molar refractivity (Wildman–Crippen MR) is 72.0 cm³/mol. The number of hydrogen-bond acceptors (Lipinski definition) is 1. The van der Waals surface area contributed by atoms with Crippen molar-refractivity contribution in [3.05, 3.63) is 66.0 Å². The van der Waals surface area contributed by atoms with Crippen molar-refractivity contribution >= 4 is 0 Å². The Bertz CT molecular complexity index is 402. The maximum atomic E-state index is 4.12. The van der Waals surface area contributed by atoms with Gasteiger partial charge in [0.15, 0.2) is 0 Å². The largest absolute Gasteiger partial charge is 0.265 e. The normalized spacial score (nSPS) is 11.4. The molecule has 0 spiro atoms. The van der Waals surface area contributed by atoms with Crippen molar-refractivity contribution in [1.82, 2.24) is 4.98 Å². The summed E-state index contributed by atoms with van der Waals surface area (Å²) in [6.07, 6.45) is 5.99. The minimum atomic E-state index is 0.129. The molecule has 2 rings (SSSR count). The SMILES string of the molecule is CCC(CC)(c1ccccc1)c1ccncc1. The van der Waals surface area contributed by atoms with Gasteiger partial charge in [-0.25, -0.2) is 0 Å². The molecule has 0 aliphatic rings. The molecule has 1 heteroatoms. The quantitative estimate of drug-likeness (QED) is 0.760. The van der Waals surface area contributed by atoms with Crippen LogP contribution in [0.4, 0.5) is 0 Å². The van der Waals surface area contributed by atoms with Crippen molar-refractivity contribution < 1.29 is 0 Å². The van der Waals surface area contributed by atoms with Crippen LogP contribution in [0.1, 0.15) is 37.8 Å². The van der Waals surface area contributed by atoms with Crippen LogP contribution in [0.25, 0.3) is 0 Å². The summed E-state index contributed by atoms with van der Waals surface area (Å²) in [5.41, 5.74) is 2.89. The van der Waals surface area contributed by atoms with Crippen LogP contribution >= 0.6 is 0 Å². The summed E-state index contributed by atoms with van der Waals surface area (Å²) in [4.78, 5) is 4.12. The first kappa shape index (κ1) is 11.8. The van der Waals surface area contributed by atoms with Crippen molar-refractivity contribution in [2.75, 3.05) is 0 Å². The highest BCUT2D eigenvalue weighted by Gasteiger charge is 2.29. The zero-order chi connectivity index (χ0) is 12.1. The molecule has 1 heterocycles. The number of hydrogen-bond donors (Lipinski definition) is 0. The Morgan fingerprint density at radius 2 is 1.35 bits per heavy atom. The van der Waals surface area contributed by atoms with Crippen LogP contribution in [0.2, 0.25) is 0 Å². The maximum Gasteiger partial charge on any atom is 0.0270 e. The monoisotopic (exact) mass is 225 g/mol. The topological polar surface area (TPSA) is 12.9 Å². The smallest absolute Gasteiger partial charge is 0.0270 e. The average Bonchev–Trinajstić information content (AvgIpc) is 2.43. The van der Waals surface area contributed by atoms with Gasteiger partial charge in [0, 0.05) is 17.8 Å². The van der Waals surface area contributed by atoms with Crippen LogP contribution in [0.5, 0.6) is 0 Å². The Morgan fingerprint density at radius 3 is 1.88 bits per heavy atom. The van der Waals surface area contributed by atoms with E-state index in [1.807, 2.05) is 12.4 Å². The first-order valence-corrected chi connectivity index (χ1v) is 6.29. The minimum absolute atomic E-state index is 0.129. The summed E-state index contributed by atoms with van der Waals surface area (Å²) >= 11 is 0. The summed E-state index contributed by atoms with van der Waals surface area (Å²) in [5, 5.41) is 0. The number of benzene rings is 1. The van der Waals surface area contributed by atoms with Gasteiger partial charge >= 0.3 is 0 Å². The second-order valence-electron chi connectivity index (χ2n) is 4.39. The molecule has 1 aromatic heterocycles. The van der Waals surface area contributed by atoms with Crippen LogP contribution in [-0.2, 0) is 5.41 Å². The van der Waals surface area contributed by atoms with Crippen molar-refractivity contribution in [2.24, 2.45) is 0 Å². The number of aromatic nitrogens is 1. The molecule has 0 radical (unpaired) electrons. The van der Waals surface area contributed by atoms with E-state index in [2.05, 4.69) is 61.3 Å². The molecule has 0 bridgehead atoms. The molecule has 0 saturated carbocycles. The summed E-state index contributed by atoms with van der Waals surface area (Å²) < 4.78 is 0. The van der Waals surface area contributed by atoms with Crippen LogP contribution in [0.3, 0.4) is 0 Å². The second kappa shape index (κ2) is 5.13. The zero-order valence-electron chi connectivity index (χ0n) is 10.6. The van der Waals surface area contributed by atoms with E-state index in [1.54, 1.807) is 0 Å². The van der Waals surface area contributed by atoms with Crippen molar-refractivity contribution in [3.8, 4) is 0 Å². The van der Waals surface area contributed by atoms with E-state index in [-0.39, 0.29) is 5.41 Å². The molecule has 0 unspecified atom stereocenters. The van der Waals surface area contributed by atoms with E-state index in [1.165, 1.54) is 11.1 Å². The van der Waals surface area contributed by atoms with Gasteiger partial charge in [-0.1, -0.05) is 44.2 Å². The molecular weight excluding hydrogens is 206 g/mol. The fourth-order valence-electron chi connectivity index (χ4n) is 2.66. The second-order valence-corrected chi connectivity index (χ2v) is 4.39. The highest BCUT2D eigenvalue weighted by atomic mass is 14.6. The lowest BCUT2D eigenvalue weighted by Gasteiger charge is -2.33. The first-order valence-electron chi connectivity index (χ1n) is 6.29. The summed E-state index contributed by atoms with van der Waals surface area (Å²) in [5.74, 6) is 0. The lowest BCUT2D eigenvalue weighted by Crippen LogP contribution is -2.25. The number of nitrogens with zero attached hydrogens (tertiary/aromatic N) is 1. The molecule has 1 aromatic carbocycles. The van der Waals surface area contributed by atoms with Crippen LogP contribution < -0.4 is 0 Å². The third-order valence-electron chi connectivity index (χ3n) is 3.77. The van der Waals surface area contributed by atoms with E-state index in [4.69, 9.17) is 0 Å². The van der Waals surface area contributed by atoms with Gasteiger partial charge in [-0.15, -0.1) is 0 Å². The number of rotatable bonds is 4. The molecule has 0 atom stereocenters. The Morgan fingerprint density at radius 1 is 0.824 bits per heavy atom.